The lowest BCUT2D eigenvalue weighted by molar-refractivity contribution is -0.141. The molecule has 1 N–H and O–H groups in total. The molecule has 0 bridgehead atoms. The summed E-state index contributed by atoms with van der Waals surface area (Å²) in [5, 5.41) is 3.25. The minimum atomic E-state index is -4.50. The molecule has 0 unspecified atom stereocenters. The van der Waals surface area contributed by atoms with Gasteiger partial charge in [-0.15, -0.1) is 11.3 Å². The van der Waals surface area contributed by atoms with Crippen LogP contribution in [0, 0.1) is 17.8 Å². The Kier molecular flexibility index (Phi) is 6.26. The Hall–Kier alpha value is -2.51. The van der Waals surface area contributed by atoms with E-state index in [1.54, 1.807) is 6.20 Å². The molecule has 3 heterocycles. The SMILES string of the molecule is CC(=O)Nc1ncc(CN2CCC(C#Cc3nccc(C(F)(F)F)n3)CC2)s1. The van der Waals surface area contributed by atoms with Crippen molar-refractivity contribution < 1.29 is 18.0 Å². The summed E-state index contributed by atoms with van der Waals surface area (Å²) in [6, 6.07) is 0.834. The number of anilines is 1. The van der Waals surface area contributed by atoms with Gasteiger partial charge in [-0.05, 0) is 37.9 Å². The Morgan fingerprint density at radius 3 is 2.79 bits per heavy atom. The van der Waals surface area contributed by atoms with E-state index in [-0.39, 0.29) is 17.6 Å². The molecule has 0 atom stereocenters. The number of thiazole rings is 1. The van der Waals surface area contributed by atoms with E-state index in [0.717, 1.165) is 49.6 Å². The lowest BCUT2D eigenvalue weighted by Gasteiger charge is -2.29. The summed E-state index contributed by atoms with van der Waals surface area (Å²) in [4.78, 5) is 25.8. The van der Waals surface area contributed by atoms with Crippen LogP contribution in [-0.2, 0) is 17.5 Å². The summed E-state index contributed by atoms with van der Waals surface area (Å²) in [7, 11) is 0. The normalized spacial score (nSPS) is 15.7. The molecule has 10 heteroatoms. The highest BCUT2D eigenvalue weighted by Crippen LogP contribution is 2.27. The third-order valence-corrected chi connectivity index (χ3v) is 5.04. The van der Waals surface area contributed by atoms with Gasteiger partial charge in [-0.1, -0.05) is 5.92 Å². The molecule has 0 spiro atoms. The smallest absolute Gasteiger partial charge is 0.302 e. The number of halogens is 3. The molecule has 1 amide bonds. The van der Waals surface area contributed by atoms with E-state index >= 15 is 0 Å². The van der Waals surface area contributed by atoms with Crippen molar-refractivity contribution in [1.29, 1.82) is 0 Å². The molecule has 2 aromatic rings. The van der Waals surface area contributed by atoms with E-state index < -0.39 is 11.9 Å². The number of carbonyl (C=O) groups excluding carboxylic acids is 1. The second kappa shape index (κ2) is 8.67. The summed E-state index contributed by atoms with van der Waals surface area (Å²) in [6.07, 6.45) is -0.0205. The Morgan fingerprint density at radius 1 is 1.36 bits per heavy atom. The number of carbonyl (C=O) groups is 1. The maximum Gasteiger partial charge on any atom is 0.433 e. The van der Waals surface area contributed by atoms with Crippen LogP contribution < -0.4 is 5.32 Å². The number of nitrogens with one attached hydrogen (secondary N) is 1. The number of amides is 1. The first-order valence-electron chi connectivity index (χ1n) is 8.66. The van der Waals surface area contributed by atoms with Crippen LogP contribution in [0.25, 0.3) is 0 Å². The molecule has 1 fully saturated rings. The zero-order valence-electron chi connectivity index (χ0n) is 15.1. The molecule has 1 saturated heterocycles. The van der Waals surface area contributed by atoms with Crippen molar-refractivity contribution in [3.8, 4) is 11.8 Å². The fourth-order valence-electron chi connectivity index (χ4n) is 2.79. The summed E-state index contributed by atoms with van der Waals surface area (Å²) >= 11 is 1.45. The fourth-order valence-corrected chi connectivity index (χ4v) is 3.69. The Labute approximate surface area is 164 Å². The zero-order chi connectivity index (χ0) is 20.1. The fraction of sp³-hybridized carbons (Fsp3) is 0.444. The van der Waals surface area contributed by atoms with Gasteiger partial charge in [0.05, 0.1) is 0 Å². The third-order valence-electron chi connectivity index (χ3n) is 4.14. The maximum atomic E-state index is 12.7. The molecule has 6 nitrogen and oxygen atoms in total. The average Bonchev–Trinajstić information content (AvgIpc) is 3.07. The van der Waals surface area contributed by atoms with Crippen LogP contribution in [-0.4, -0.2) is 38.8 Å². The van der Waals surface area contributed by atoms with Gasteiger partial charge < -0.3 is 5.32 Å². The van der Waals surface area contributed by atoms with Crippen molar-refractivity contribution in [2.24, 2.45) is 5.92 Å². The number of hydrogen-bond donors (Lipinski definition) is 1. The van der Waals surface area contributed by atoms with Crippen molar-refractivity contribution in [2.75, 3.05) is 18.4 Å². The highest BCUT2D eigenvalue weighted by atomic mass is 32.1. The molecule has 1 aliphatic heterocycles. The van der Waals surface area contributed by atoms with Gasteiger partial charge in [0, 0.05) is 36.7 Å². The molecule has 0 aliphatic carbocycles. The number of likely N-dealkylation sites (tertiary alicyclic amines) is 1. The van der Waals surface area contributed by atoms with Crippen LogP contribution in [0.2, 0.25) is 0 Å². The number of nitrogens with zero attached hydrogens (tertiary/aromatic N) is 4. The first-order valence-corrected chi connectivity index (χ1v) is 9.47. The number of alkyl halides is 3. The van der Waals surface area contributed by atoms with Gasteiger partial charge in [0.15, 0.2) is 5.13 Å². The van der Waals surface area contributed by atoms with Crippen LogP contribution in [0.1, 0.15) is 36.2 Å². The third kappa shape index (κ3) is 5.74. The van der Waals surface area contributed by atoms with Gasteiger partial charge >= 0.3 is 6.18 Å². The summed E-state index contributed by atoms with van der Waals surface area (Å²) in [5.74, 6) is 5.52. The number of rotatable bonds is 3. The Morgan fingerprint density at radius 2 is 2.11 bits per heavy atom. The first-order chi connectivity index (χ1) is 13.3. The highest BCUT2D eigenvalue weighted by Gasteiger charge is 2.32. The quantitative estimate of drug-likeness (QED) is 0.789. The molecule has 148 valence electrons. The Balaban J connectivity index is 1.52. The van der Waals surface area contributed by atoms with Crippen LogP contribution in [0.3, 0.4) is 0 Å². The van der Waals surface area contributed by atoms with E-state index in [4.69, 9.17) is 0 Å². The van der Waals surface area contributed by atoms with Gasteiger partial charge in [0.2, 0.25) is 11.7 Å². The van der Waals surface area contributed by atoms with Crippen molar-refractivity contribution in [3.05, 3.63) is 34.9 Å². The lowest BCUT2D eigenvalue weighted by Crippen LogP contribution is -2.32. The van der Waals surface area contributed by atoms with Gasteiger partial charge in [-0.25, -0.2) is 15.0 Å². The second-order valence-electron chi connectivity index (χ2n) is 6.40. The van der Waals surface area contributed by atoms with E-state index in [1.165, 1.54) is 18.3 Å². The number of piperidine rings is 1. The highest BCUT2D eigenvalue weighted by molar-refractivity contribution is 7.15. The van der Waals surface area contributed by atoms with Crippen LogP contribution in [0.4, 0.5) is 18.3 Å². The largest absolute Gasteiger partial charge is 0.433 e. The predicted molar refractivity (Wildman–Crippen MR) is 98.3 cm³/mol. The average molecular weight is 409 g/mol. The van der Waals surface area contributed by atoms with Crippen molar-refractivity contribution in [1.82, 2.24) is 19.9 Å². The van der Waals surface area contributed by atoms with E-state index in [0.29, 0.717) is 5.13 Å². The van der Waals surface area contributed by atoms with E-state index in [9.17, 15) is 18.0 Å². The molecule has 2 aromatic heterocycles. The molecule has 3 rings (SSSR count). The van der Waals surface area contributed by atoms with Crippen molar-refractivity contribution in [2.45, 2.75) is 32.5 Å². The minimum Gasteiger partial charge on any atom is -0.302 e. The molecular formula is C18H18F3N5OS. The maximum absolute atomic E-state index is 12.7. The first kappa shape index (κ1) is 20.2. The summed E-state index contributed by atoms with van der Waals surface area (Å²) in [6.45, 7) is 3.85. The van der Waals surface area contributed by atoms with Gasteiger partial charge in [-0.3, -0.25) is 9.69 Å². The molecular weight excluding hydrogens is 391 g/mol. The van der Waals surface area contributed by atoms with Crippen molar-refractivity contribution in [3.63, 3.8) is 0 Å². The molecule has 0 aromatic carbocycles. The van der Waals surface area contributed by atoms with Crippen molar-refractivity contribution >= 4 is 22.4 Å². The van der Waals surface area contributed by atoms with Gasteiger partial charge in [0.25, 0.3) is 0 Å². The molecule has 1 aliphatic rings. The number of hydrogen-bond acceptors (Lipinski definition) is 6. The van der Waals surface area contributed by atoms with Crippen LogP contribution in [0.5, 0.6) is 0 Å². The molecule has 28 heavy (non-hydrogen) atoms. The molecule has 0 saturated carbocycles. The van der Waals surface area contributed by atoms with Gasteiger partial charge in [-0.2, -0.15) is 13.2 Å². The second-order valence-corrected chi connectivity index (χ2v) is 7.51. The topological polar surface area (TPSA) is 71.0 Å². The van der Waals surface area contributed by atoms with E-state index in [1.807, 2.05) is 0 Å². The standard InChI is InChI=1S/C18H18F3N5OS/c1-12(27)24-17-23-10-14(28-17)11-26-8-5-13(6-9-26)2-3-16-22-7-4-15(25-16)18(19,20)21/h4,7,10,13H,5-6,8-9,11H2,1H3,(H,23,24,27). The van der Waals surface area contributed by atoms with Gasteiger partial charge in [0.1, 0.15) is 5.69 Å². The monoisotopic (exact) mass is 409 g/mol. The number of aromatic nitrogens is 3. The minimum absolute atomic E-state index is 0.103. The van der Waals surface area contributed by atoms with Crippen LogP contribution >= 0.6 is 11.3 Å². The summed E-state index contributed by atoms with van der Waals surface area (Å²) in [5.41, 5.74) is -0.982. The van der Waals surface area contributed by atoms with E-state index in [2.05, 4.69) is 37.0 Å². The predicted octanol–water partition coefficient (Wildman–Crippen LogP) is 3.17. The zero-order valence-corrected chi connectivity index (χ0v) is 15.9. The molecule has 0 radical (unpaired) electrons. The summed E-state index contributed by atoms with van der Waals surface area (Å²) < 4.78 is 38.0. The van der Waals surface area contributed by atoms with Crippen LogP contribution in [0.15, 0.2) is 18.5 Å². The Bertz CT molecular complexity index is 894. The lowest BCUT2D eigenvalue weighted by atomic mass is 9.97.